The van der Waals surface area contributed by atoms with E-state index in [4.69, 9.17) is 0 Å². The maximum Gasteiger partial charge on any atom is 0.416 e. The number of hydrogen-bond acceptors (Lipinski definition) is 1. The van der Waals surface area contributed by atoms with Gasteiger partial charge in [0.05, 0.1) is 5.56 Å². The van der Waals surface area contributed by atoms with E-state index in [1.807, 2.05) is 0 Å². The molecule has 1 nitrogen and oxygen atoms in total. The fourth-order valence-electron chi connectivity index (χ4n) is 1.82. The summed E-state index contributed by atoms with van der Waals surface area (Å²) in [4.78, 5) is 0. The fraction of sp³-hybridized carbons (Fsp3) is 0.143. The van der Waals surface area contributed by atoms with Gasteiger partial charge in [0, 0.05) is 5.56 Å². The predicted octanol–water partition coefficient (Wildman–Crippen LogP) is 5.25. The van der Waals surface area contributed by atoms with Crippen molar-refractivity contribution in [2.75, 3.05) is 0 Å². The van der Waals surface area contributed by atoms with Crippen molar-refractivity contribution in [3.8, 4) is 16.9 Å². The molecule has 0 atom stereocenters. The first-order valence-electron chi connectivity index (χ1n) is 5.80. The van der Waals surface area contributed by atoms with E-state index in [2.05, 4.69) is 4.74 Å². The Kier molecular flexibility index (Phi) is 4.30. The average molecular weight is 324 g/mol. The van der Waals surface area contributed by atoms with Crippen LogP contribution in [0.5, 0.6) is 5.75 Å². The Hall–Kier alpha value is -2.25. The molecule has 0 fully saturated rings. The molecule has 0 bridgehead atoms. The summed E-state index contributed by atoms with van der Waals surface area (Å²) in [5.74, 6) is -3.46. The second-order valence-corrected chi connectivity index (χ2v) is 4.22. The molecule has 8 heteroatoms. The van der Waals surface area contributed by atoms with E-state index < -0.39 is 46.9 Å². The normalized spacial score (nSPS) is 11.8. The van der Waals surface area contributed by atoms with Crippen molar-refractivity contribution in [2.24, 2.45) is 0 Å². The van der Waals surface area contributed by atoms with Gasteiger partial charge < -0.3 is 4.74 Å². The minimum Gasteiger partial charge on any atom is -0.435 e. The van der Waals surface area contributed by atoms with Crippen molar-refractivity contribution in [1.82, 2.24) is 0 Å². The molecule has 22 heavy (non-hydrogen) atoms. The average Bonchev–Trinajstić information content (AvgIpc) is 2.39. The molecule has 0 saturated carbocycles. The molecular formula is C14H7F7O. The molecule has 0 aliphatic heterocycles. The summed E-state index contributed by atoms with van der Waals surface area (Å²) >= 11 is 0. The third kappa shape index (κ3) is 3.49. The highest BCUT2D eigenvalue weighted by Gasteiger charge is 2.32. The molecule has 0 aliphatic rings. The Labute approximate surface area is 119 Å². The van der Waals surface area contributed by atoms with E-state index in [1.165, 1.54) is 0 Å². The Bertz CT molecular complexity index is 679. The van der Waals surface area contributed by atoms with Gasteiger partial charge in [0.1, 0.15) is 5.75 Å². The third-order valence-electron chi connectivity index (χ3n) is 2.72. The maximum atomic E-state index is 13.7. The number of ether oxygens (including phenoxy) is 1. The highest BCUT2D eigenvalue weighted by molar-refractivity contribution is 5.67. The molecule has 2 aromatic carbocycles. The number of rotatable bonds is 3. The second kappa shape index (κ2) is 5.86. The summed E-state index contributed by atoms with van der Waals surface area (Å²) in [6.45, 7) is -3.35. The van der Waals surface area contributed by atoms with Gasteiger partial charge in [-0.1, -0.05) is 12.1 Å². The van der Waals surface area contributed by atoms with Crippen molar-refractivity contribution < 1.29 is 35.5 Å². The van der Waals surface area contributed by atoms with Crippen LogP contribution in [-0.4, -0.2) is 6.61 Å². The molecule has 0 aromatic heterocycles. The van der Waals surface area contributed by atoms with E-state index in [1.54, 1.807) is 0 Å². The van der Waals surface area contributed by atoms with Crippen molar-refractivity contribution in [3.63, 3.8) is 0 Å². The van der Waals surface area contributed by atoms with Crippen molar-refractivity contribution in [1.29, 1.82) is 0 Å². The van der Waals surface area contributed by atoms with Crippen LogP contribution in [0.25, 0.3) is 11.1 Å². The first-order chi connectivity index (χ1) is 10.2. The molecule has 0 saturated heterocycles. The van der Waals surface area contributed by atoms with Gasteiger partial charge in [-0.3, -0.25) is 0 Å². The van der Waals surface area contributed by atoms with Crippen LogP contribution in [0, 0.1) is 11.6 Å². The number of benzene rings is 2. The smallest absolute Gasteiger partial charge is 0.416 e. The molecule has 2 aromatic rings. The Balaban J connectivity index is 2.62. The molecule has 2 rings (SSSR count). The lowest BCUT2D eigenvalue weighted by Gasteiger charge is -2.13. The number of hydrogen-bond donors (Lipinski definition) is 0. The summed E-state index contributed by atoms with van der Waals surface area (Å²) in [6.07, 6.45) is -4.86. The Morgan fingerprint density at radius 1 is 0.955 bits per heavy atom. The fourth-order valence-corrected chi connectivity index (χ4v) is 1.82. The monoisotopic (exact) mass is 324 g/mol. The lowest BCUT2D eigenvalue weighted by Crippen LogP contribution is -2.08. The van der Waals surface area contributed by atoms with Gasteiger partial charge in [-0.05, 0) is 29.8 Å². The highest BCUT2D eigenvalue weighted by atomic mass is 19.4. The van der Waals surface area contributed by atoms with Gasteiger partial charge in [-0.15, -0.1) is 0 Å². The molecule has 0 heterocycles. The van der Waals surface area contributed by atoms with Crippen LogP contribution in [0.1, 0.15) is 5.56 Å². The molecule has 0 spiro atoms. The summed E-state index contributed by atoms with van der Waals surface area (Å²) < 4.78 is 93.4. The molecule has 0 radical (unpaired) electrons. The lowest BCUT2D eigenvalue weighted by molar-refractivity contribution is -0.138. The topological polar surface area (TPSA) is 9.23 Å². The highest BCUT2D eigenvalue weighted by Crippen LogP contribution is 2.37. The van der Waals surface area contributed by atoms with Gasteiger partial charge in [0.15, 0.2) is 11.6 Å². The van der Waals surface area contributed by atoms with Crippen LogP contribution in [0.3, 0.4) is 0 Å². The maximum absolute atomic E-state index is 13.7. The zero-order valence-corrected chi connectivity index (χ0v) is 10.6. The molecule has 118 valence electrons. The van der Waals surface area contributed by atoms with Crippen LogP contribution in [0.15, 0.2) is 36.4 Å². The van der Waals surface area contributed by atoms with Crippen LogP contribution in [0.2, 0.25) is 0 Å². The summed E-state index contributed by atoms with van der Waals surface area (Å²) in [5, 5.41) is 0. The van der Waals surface area contributed by atoms with Crippen LogP contribution in [0.4, 0.5) is 30.7 Å². The minimum absolute atomic E-state index is 0.354. The van der Waals surface area contributed by atoms with Gasteiger partial charge >= 0.3 is 12.8 Å². The quantitative estimate of drug-likeness (QED) is 0.701. The van der Waals surface area contributed by atoms with Crippen LogP contribution >= 0.6 is 0 Å². The minimum atomic E-state index is -4.86. The standard InChI is InChI=1S/C14H7F7O/c15-11-3-1-2-10(12(11)16)7-4-8(14(19,20)21)6-9(5-7)22-13(17)18/h1-6,13H. The molecular weight excluding hydrogens is 317 g/mol. The lowest BCUT2D eigenvalue weighted by atomic mass is 10.0. The Morgan fingerprint density at radius 3 is 2.23 bits per heavy atom. The van der Waals surface area contributed by atoms with Gasteiger partial charge in [0.25, 0.3) is 0 Å². The summed E-state index contributed by atoms with van der Waals surface area (Å²) in [7, 11) is 0. The largest absolute Gasteiger partial charge is 0.435 e. The third-order valence-corrected chi connectivity index (χ3v) is 2.72. The summed E-state index contributed by atoms with van der Waals surface area (Å²) in [6, 6.07) is 4.55. The molecule has 0 amide bonds. The van der Waals surface area contributed by atoms with E-state index in [0.29, 0.717) is 12.1 Å². The van der Waals surface area contributed by atoms with Crippen molar-refractivity contribution >= 4 is 0 Å². The first kappa shape index (κ1) is 16.1. The van der Waals surface area contributed by atoms with Gasteiger partial charge in [-0.2, -0.15) is 22.0 Å². The van der Waals surface area contributed by atoms with Crippen LogP contribution in [-0.2, 0) is 6.18 Å². The van der Waals surface area contributed by atoms with Gasteiger partial charge in [-0.25, -0.2) is 8.78 Å². The number of halogens is 7. The van der Waals surface area contributed by atoms with E-state index in [0.717, 1.165) is 24.3 Å². The zero-order chi connectivity index (χ0) is 16.5. The molecule has 0 N–H and O–H groups in total. The van der Waals surface area contributed by atoms with Crippen LogP contribution < -0.4 is 4.74 Å². The number of alkyl halides is 5. The first-order valence-corrected chi connectivity index (χ1v) is 5.80. The second-order valence-electron chi connectivity index (χ2n) is 4.22. The zero-order valence-electron chi connectivity index (χ0n) is 10.6. The SMILES string of the molecule is Fc1cccc(-c2cc(OC(F)F)cc(C(F)(F)F)c2)c1F. The molecule has 0 aliphatic carbocycles. The predicted molar refractivity (Wildman–Crippen MR) is 63.4 cm³/mol. The van der Waals surface area contributed by atoms with E-state index in [-0.39, 0.29) is 0 Å². The van der Waals surface area contributed by atoms with Crippen molar-refractivity contribution in [3.05, 3.63) is 53.6 Å². The van der Waals surface area contributed by atoms with Gasteiger partial charge in [0.2, 0.25) is 0 Å². The summed E-state index contributed by atoms with van der Waals surface area (Å²) in [5.41, 5.74) is -2.24. The Morgan fingerprint density at radius 2 is 1.64 bits per heavy atom. The van der Waals surface area contributed by atoms with E-state index >= 15 is 0 Å². The molecule has 0 unspecified atom stereocenters. The van der Waals surface area contributed by atoms with E-state index in [9.17, 15) is 30.7 Å². The van der Waals surface area contributed by atoms with Crippen molar-refractivity contribution in [2.45, 2.75) is 12.8 Å².